The van der Waals surface area contributed by atoms with Crippen LogP contribution in [0.2, 0.25) is 5.02 Å². The number of aromatic amines is 1. The largest absolute Gasteiger partial charge is 0.463 e. The summed E-state index contributed by atoms with van der Waals surface area (Å²) < 4.78 is 6.91. The fourth-order valence-electron chi connectivity index (χ4n) is 1.76. The molecule has 0 aromatic carbocycles. The van der Waals surface area contributed by atoms with E-state index in [9.17, 15) is 4.79 Å². The predicted molar refractivity (Wildman–Crippen MR) is 75.2 cm³/mol. The molecule has 0 aliphatic heterocycles. The Morgan fingerprint density at radius 1 is 1.55 bits per heavy atom. The molecule has 0 atom stereocenters. The lowest BCUT2D eigenvalue weighted by molar-refractivity contribution is 0.101. The summed E-state index contributed by atoms with van der Waals surface area (Å²) in [7, 11) is 0. The van der Waals surface area contributed by atoms with Gasteiger partial charge in [0.1, 0.15) is 5.69 Å². The second-order valence-corrected chi connectivity index (χ2v) is 4.53. The quantitative estimate of drug-likeness (QED) is 0.857. The van der Waals surface area contributed by atoms with Gasteiger partial charge in [0.2, 0.25) is 5.95 Å². The summed E-state index contributed by atoms with van der Waals surface area (Å²) in [4.78, 5) is 16.2. The zero-order valence-corrected chi connectivity index (χ0v) is 12.1. The van der Waals surface area contributed by atoms with E-state index in [0.29, 0.717) is 17.3 Å². The van der Waals surface area contributed by atoms with E-state index in [4.69, 9.17) is 16.3 Å². The van der Waals surface area contributed by atoms with Gasteiger partial charge in [-0.1, -0.05) is 18.5 Å². The van der Waals surface area contributed by atoms with Crippen molar-refractivity contribution < 1.29 is 9.53 Å². The van der Waals surface area contributed by atoms with Crippen LogP contribution < -0.4 is 10.1 Å². The molecule has 108 valence electrons. The van der Waals surface area contributed by atoms with Gasteiger partial charge in [0, 0.05) is 12.7 Å². The van der Waals surface area contributed by atoms with Crippen LogP contribution in [0.4, 0.5) is 5.95 Å². The summed E-state index contributed by atoms with van der Waals surface area (Å²) in [5.74, 6) is -0.0663. The zero-order chi connectivity index (χ0) is 14.5. The molecule has 7 nitrogen and oxygen atoms in total. The van der Waals surface area contributed by atoms with Crippen LogP contribution in [0.15, 0.2) is 12.3 Å². The van der Waals surface area contributed by atoms with Crippen molar-refractivity contribution in [2.45, 2.75) is 26.8 Å². The Hall–Kier alpha value is -2.02. The number of nitrogens with one attached hydrogen (secondary N) is 2. The molecule has 0 unspecified atom stereocenters. The molecule has 20 heavy (non-hydrogen) atoms. The predicted octanol–water partition coefficient (Wildman–Crippen LogP) is 2.32. The molecule has 2 aromatic heterocycles. The summed E-state index contributed by atoms with van der Waals surface area (Å²) in [6, 6.07) is 1.82. The fraction of sp³-hybridized carbons (Fsp3) is 0.417. The lowest BCUT2D eigenvalue weighted by Gasteiger charge is -2.06. The fourth-order valence-corrected chi connectivity index (χ4v) is 1.98. The molecular formula is C12H16ClN5O2. The lowest BCUT2D eigenvalue weighted by Crippen LogP contribution is -2.17. The monoisotopic (exact) mass is 297 g/mol. The Labute approximate surface area is 121 Å². The number of halogens is 1. The molecule has 0 fully saturated rings. The molecule has 1 amide bonds. The minimum atomic E-state index is -0.301. The van der Waals surface area contributed by atoms with E-state index < -0.39 is 0 Å². The van der Waals surface area contributed by atoms with Crippen LogP contribution in [0.25, 0.3) is 0 Å². The summed E-state index contributed by atoms with van der Waals surface area (Å²) in [5.41, 5.74) is 0.478. The maximum Gasteiger partial charge on any atom is 0.337 e. The highest BCUT2D eigenvalue weighted by Crippen LogP contribution is 2.16. The lowest BCUT2D eigenvalue weighted by atomic mass is 10.4. The van der Waals surface area contributed by atoms with E-state index in [1.165, 1.54) is 0 Å². The SMILES string of the molecule is CCCn1cc(Cl)cc1C(=O)Nc1nc(OCC)n[nH]1. The number of H-pyrrole nitrogens is 1. The van der Waals surface area contributed by atoms with Crippen molar-refractivity contribution in [1.82, 2.24) is 19.7 Å². The van der Waals surface area contributed by atoms with E-state index in [-0.39, 0.29) is 17.9 Å². The maximum absolute atomic E-state index is 12.2. The number of carbonyl (C=O) groups excluding carboxylic acids is 1. The Morgan fingerprint density at radius 3 is 3.05 bits per heavy atom. The van der Waals surface area contributed by atoms with Gasteiger partial charge >= 0.3 is 6.01 Å². The van der Waals surface area contributed by atoms with Crippen LogP contribution in [0, 0.1) is 0 Å². The highest BCUT2D eigenvalue weighted by Gasteiger charge is 2.15. The molecule has 0 saturated heterocycles. The first-order chi connectivity index (χ1) is 9.63. The van der Waals surface area contributed by atoms with Crippen molar-refractivity contribution in [3.63, 3.8) is 0 Å². The molecule has 8 heteroatoms. The van der Waals surface area contributed by atoms with Gasteiger partial charge in [-0.3, -0.25) is 10.1 Å². The van der Waals surface area contributed by atoms with Crippen molar-refractivity contribution in [3.8, 4) is 6.01 Å². The van der Waals surface area contributed by atoms with Crippen molar-refractivity contribution in [3.05, 3.63) is 23.0 Å². The van der Waals surface area contributed by atoms with Gasteiger partial charge in [0.25, 0.3) is 5.91 Å². The Bertz CT molecular complexity index is 592. The Kier molecular flexibility index (Phi) is 4.62. The number of aryl methyl sites for hydroxylation is 1. The number of rotatable bonds is 6. The van der Waals surface area contributed by atoms with E-state index in [0.717, 1.165) is 13.0 Å². The van der Waals surface area contributed by atoms with Gasteiger partial charge in [-0.05, 0) is 19.4 Å². The minimum absolute atomic E-state index is 0.199. The van der Waals surface area contributed by atoms with Gasteiger partial charge in [-0.2, -0.15) is 4.98 Å². The van der Waals surface area contributed by atoms with Gasteiger partial charge in [0.15, 0.2) is 0 Å². The van der Waals surface area contributed by atoms with Crippen LogP contribution in [-0.2, 0) is 6.54 Å². The molecule has 0 aliphatic carbocycles. The number of hydrogen-bond donors (Lipinski definition) is 2. The third-order valence-corrected chi connectivity index (χ3v) is 2.74. The molecule has 2 rings (SSSR count). The van der Waals surface area contributed by atoms with Crippen molar-refractivity contribution in [2.24, 2.45) is 0 Å². The summed E-state index contributed by atoms with van der Waals surface area (Å²) >= 11 is 5.94. The molecule has 2 N–H and O–H groups in total. The van der Waals surface area contributed by atoms with Crippen LogP contribution in [0.3, 0.4) is 0 Å². The van der Waals surface area contributed by atoms with Crippen LogP contribution in [0.1, 0.15) is 30.8 Å². The van der Waals surface area contributed by atoms with E-state index in [1.807, 2.05) is 13.8 Å². The molecular weight excluding hydrogens is 282 g/mol. The number of nitrogens with zero attached hydrogens (tertiary/aromatic N) is 3. The van der Waals surface area contributed by atoms with Crippen molar-refractivity contribution in [2.75, 3.05) is 11.9 Å². The molecule has 2 heterocycles. The van der Waals surface area contributed by atoms with E-state index in [1.54, 1.807) is 16.8 Å². The minimum Gasteiger partial charge on any atom is -0.463 e. The first-order valence-electron chi connectivity index (χ1n) is 6.36. The molecule has 2 aromatic rings. The van der Waals surface area contributed by atoms with Crippen LogP contribution in [-0.4, -0.2) is 32.3 Å². The van der Waals surface area contributed by atoms with E-state index >= 15 is 0 Å². The van der Waals surface area contributed by atoms with Gasteiger partial charge in [-0.15, -0.1) is 5.10 Å². The number of carbonyl (C=O) groups is 1. The standard InChI is InChI=1S/C12H16ClN5O2/c1-3-5-18-7-8(13)6-9(18)10(19)14-11-15-12(17-16-11)20-4-2/h6-7H,3-5H2,1-2H3,(H2,14,15,16,17,19). The third-order valence-electron chi connectivity index (χ3n) is 2.53. The number of aromatic nitrogens is 4. The molecule has 0 radical (unpaired) electrons. The van der Waals surface area contributed by atoms with Gasteiger partial charge in [-0.25, -0.2) is 5.10 Å². The smallest absolute Gasteiger partial charge is 0.337 e. The number of amides is 1. The molecule has 0 bridgehead atoms. The normalized spacial score (nSPS) is 10.6. The van der Waals surface area contributed by atoms with Crippen molar-refractivity contribution >= 4 is 23.5 Å². The third kappa shape index (κ3) is 3.30. The molecule has 0 spiro atoms. The summed E-state index contributed by atoms with van der Waals surface area (Å²) in [6.45, 7) is 5.03. The highest BCUT2D eigenvalue weighted by atomic mass is 35.5. The summed E-state index contributed by atoms with van der Waals surface area (Å²) in [5, 5.41) is 9.55. The van der Waals surface area contributed by atoms with Crippen LogP contribution >= 0.6 is 11.6 Å². The van der Waals surface area contributed by atoms with Gasteiger partial charge in [0.05, 0.1) is 11.6 Å². The topological polar surface area (TPSA) is 84.8 Å². The maximum atomic E-state index is 12.2. The number of ether oxygens (including phenoxy) is 1. The average Bonchev–Trinajstić information content (AvgIpc) is 2.97. The zero-order valence-electron chi connectivity index (χ0n) is 11.3. The Balaban J connectivity index is 2.10. The molecule has 0 saturated carbocycles. The first kappa shape index (κ1) is 14.4. The van der Waals surface area contributed by atoms with Crippen LogP contribution in [0.5, 0.6) is 6.01 Å². The summed E-state index contributed by atoms with van der Waals surface area (Å²) in [6.07, 6.45) is 2.63. The van der Waals surface area contributed by atoms with E-state index in [2.05, 4.69) is 20.5 Å². The second-order valence-electron chi connectivity index (χ2n) is 4.09. The molecule has 0 aliphatic rings. The first-order valence-corrected chi connectivity index (χ1v) is 6.74. The number of anilines is 1. The van der Waals surface area contributed by atoms with Crippen molar-refractivity contribution in [1.29, 1.82) is 0 Å². The van der Waals surface area contributed by atoms with Gasteiger partial charge < -0.3 is 9.30 Å². The highest BCUT2D eigenvalue weighted by molar-refractivity contribution is 6.31. The number of hydrogen-bond acceptors (Lipinski definition) is 4. The average molecular weight is 298 g/mol. The second kappa shape index (κ2) is 6.42. The Morgan fingerprint density at radius 2 is 2.35 bits per heavy atom.